The Hall–Kier alpha value is -3.13. The van der Waals surface area contributed by atoms with Crippen molar-refractivity contribution in [3.8, 4) is 0 Å². The number of para-hydroxylation sites is 2. The summed E-state index contributed by atoms with van der Waals surface area (Å²) in [5.74, 6) is 0.0399. The van der Waals surface area contributed by atoms with Gasteiger partial charge in [0.2, 0.25) is 0 Å². The second kappa shape index (κ2) is 7.42. The zero-order chi connectivity index (χ0) is 16.8. The summed E-state index contributed by atoms with van der Waals surface area (Å²) in [6.45, 7) is 1.60. The zero-order valence-electron chi connectivity index (χ0n) is 13.6. The Kier molecular flexibility index (Phi) is 4.87. The number of nitrogens with zero attached hydrogens (tertiary/aromatic N) is 1. The Morgan fingerprint density at radius 2 is 1.12 bits per heavy atom. The number of carbonyl (C=O) groups is 1. The molecule has 0 unspecified atom stereocenters. The summed E-state index contributed by atoms with van der Waals surface area (Å²) < 4.78 is 0. The fourth-order valence-electron chi connectivity index (χ4n) is 2.59. The fourth-order valence-corrected chi connectivity index (χ4v) is 2.59. The first-order chi connectivity index (χ1) is 11.8. The molecule has 0 spiro atoms. The van der Waals surface area contributed by atoms with E-state index in [2.05, 4.69) is 0 Å². The topological polar surface area (TPSA) is 20.3 Å². The standard InChI is InChI=1S/C22H19NO/c1-18(24)22(19-11-5-2-6-12-19)17-23(20-13-7-3-8-14-20)21-15-9-4-10-16-21/h2-17H,1H3/b22-17-. The predicted octanol–water partition coefficient (Wildman–Crippen LogP) is 5.45. The number of hydrogen-bond acceptors (Lipinski definition) is 2. The Labute approximate surface area is 142 Å². The van der Waals surface area contributed by atoms with Crippen molar-refractivity contribution in [1.82, 2.24) is 0 Å². The molecule has 3 aromatic carbocycles. The highest BCUT2D eigenvalue weighted by Gasteiger charge is 2.12. The van der Waals surface area contributed by atoms with E-state index >= 15 is 0 Å². The van der Waals surface area contributed by atoms with Crippen molar-refractivity contribution in [3.63, 3.8) is 0 Å². The molecule has 0 N–H and O–H groups in total. The smallest absolute Gasteiger partial charge is 0.161 e. The van der Waals surface area contributed by atoms with Gasteiger partial charge in [-0.3, -0.25) is 4.79 Å². The summed E-state index contributed by atoms with van der Waals surface area (Å²) in [4.78, 5) is 14.3. The average molecular weight is 313 g/mol. The lowest BCUT2D eigenvalue weighted by Gasteiger charge is -2.22. The summed E-state index contributed by atoms with van der Waals surface area (Å²) >= 11 is 0. The Balaban J connectivity index is 2.13. The van der Waals surface area contributed by atoms with Gasteiger partial charge in [0.1, 0.15) is 0 Å². The minimum absolute atomic E-state index is 0.0399. The summed E-state index contributed by atoms with van der Waals surface area (Å²) in [5, 5.41) is 0. The molecule has 0 saturated carbocycles. The predicted molar refractivity (Wildman–Crippen MR) is 100 cm³/mol. The van der Waals surface area contributed by atoms with Crippen molar-refractivity contribution in [2.45, 2.75) is 6.92 Å². The molecule has 0 atom stereocenters. The van der Waals surface area contributed by atoms with Gasteiger partial charge in [0, 0.05) is 23.1 Å². The average Bonchev–Trinajstić information content (AvgIpc) is 2.64. The van der Waals surface area contributed by atoms with Gasteiger partial charge in [0.25, 0.3) is 0 Å². The molecule has 0 bridgehead atoms. The summed E-state index contributed by atoms with van der Waals surface area (Å²) in [6.07, 6.45) is 1.92. The van der Waals surface area contributed by atoms with E-state index in [4.69, 9.17) is 0 Å². The normalized spacial score (nSPS) is 11.1. The molecule has 2 heteroatoms. The molecule has 0 aliphatic rings. The second-order valence-corrected chi connectivity index (χ2v) is 5.51. The van der Waals surface area contributed by atoms with Crippen LogP contribution in [0.1, 0.15) is 12.5 Å². The maximum absolute atomic E-state index is 12.2. The number of anilines is 2. The first kappa shape index (κ1) is 15.8. The van der Waals surface area contributed by atoms with Gasteiger partial charge in [-0.05, 0) is 36.8 Å². The summed E-state index contributed by atoms with van der Waals surface area (Å²) in [7, 11) is 0. The van der Waals surface area contributed by atoms with Crippen LogP contribution in [0.5, 0.6) is 0 Å². The number of Topliss-reactive ketones (excluding diaryl/α,β-unsaturated/α-hetero) is 1. The molecule has 0 saturated heterocycles. The number of ketones is 1. The molecule has 118 valence electrons. The van der Waals surface area contributed by atoms with Crippen LogP contribution in [-0.4, -0.2) is 5.78 Å². The maximum atomic E-state index is 12.2. The maximum Gasteiger partial charge on any atom is 0.161 e. The van der Waals surface area contributed by atoms with E-state index in [1.165, 1.54) is 0 Å². The molecule has 0 heterocycles. The molecule has 3 rings (SSSR count). The molecular weight excluding hydrogens is 294 g/mol. The van der Waals surface area contributed by atoms with Gasteiger partial charge in [-0.15, -0.1) is 0 Å². The van der Waals surface area contributed by atoms with E-state index in [-0.39, 0.29) is 5.78 Å². The number of allylic oxidation sites excluding steroid dienone is 1. The Morgan fingerprint density at radius 1 is 0.708 bits per heavy atom. The molecule has 0 aliphatic carbocycles. The number of carbonyl (C=O) groups excluding carboxylic acids is 1. The Bertz CT molecular complexity index is 784. The van der Waals surface area contributed by atoms with Gasteiger partial charge in [0.15, 0.2) is 5.78 Å². The highest BCUT2D eigenvalue weighted by molar-refractivity contribution is 6.20. The van der Waals surface area contributed by atoms with Crippen LogP contribution < -0.4 is 4.90 Å². The summed E-state index contributed by atoms with van der Waals surface area (Å²) in [6, 6.07) is 29.9. The third kappa shape index (κ3) is 3.61. The third-order valence-electron chi connectivity index (χ3n) is 3.79. The number of rotatable bonds is 5. The molecule has 0 radical (unpaired) electrons. The highest BCUT2D eigenvalue weighted by Crippen LogP contribution is 2.28. The molecule has 0 aliphatic heterocycles. The van der Waals surface area contributed by atoms with Crippen molar-refractivity contribution >= 4 is 22.7 Å². The molecule has 24 heavy (non-hydrogen) atoms. The molecule has 3 aromatic rings. The minimum atomic E-state index is 0.0399. The van der Waals surface area contributed by atoms with Crippen molar-refractivity contribution in [2.24, 2.45) is 0 Å². The lowest BCUT2D eigenvalue weighted by atomic mass is 10.0. The van der Waals surface area contributed by atoms with E-state index in [0.717, 1.165) is 16.9 Å². The van der Waals surface area contributed by atoms with Crippen molar-refractivity contribution in [2.75, 3.05) is 4.90 Å². The van der Waals surface area contributed by atoms with Crippen LogP contribution in [0.15, 0.2) is 97.2 Å². The van der Waals surface area contributed by atoms with Crippen LogP contribution in [0.2, 0.25) is 0 Å². The first-order valence-electron chi connectivity index (χ1n) is 7.93. The largest absolute Gasteiger partial charge is 0.316 e. The molecule has 0 amide bonds. The van der Waals surface area contributed by atoms with E-state index in [1.807, 2.05) is 102 Å². The van der Waals surface area contributed by atoms with E-state index in [9.17, 15) is 4.79 Å². The third-order valence-corrected chi connectivity index (χ3v) is 3.79. The van der Waals surface area contributed by atoms with E-state index in [1.54, 1.807) is 6.92 Å². The van der Waals surface area contributed by atoms with Crippen LogP contribution in [0.4, 0.5) is 11.4 Å². The van der Waals surface area contributed by atoms with Crippen LogP contribution in [0, 0.1) is 0 Å². The summed E-state index contributed by atoms with van der Waals surface area (Å²) in [5.41, 5.74) is 3.63. The van der Waals surface area contributed by atoms with Gasteiger partial charge in [-0.25, -0.2) is 0 Å². The number of hydrogen-bond donors (Lipinski definition) is 0. The van der Waals surface area contributed by atoms with E-state index in [0.29, 0.717) is 5.57 Å². The van der Waals surface area contributed by atoms with E-state index < -0.39 is 0 Å². The molecule has 2 nitrogen and oxygen atoms in total. The Morgan fingerprint density at radius 3 is 1.54 bits per heavy atom. The molecular formula is C22H19NO. The van der Waals surface area contributed by atoms with Crippen LogP contribution in [0.25, 0.3) is 5.57 Å². The van der Waals surface area contributed by atoms with Crippen molar-refractivity contribution in [1.29, 1.82) is 0 Å². The van der Waals surface area contributed by atoms with Gasteiger partial charge in [0.05, 0.1) is 0 Å². The molecule has 0 fully saturated rings. The van der Waals surface area contributed by atoms with Gasteiger partial charge < -0.3 is 4.90 Å². The zero-order valence-corrected chi connectivity index (χ0v) is 13.6. The second-order valence-electron chi connectivity index (χ2n) is 5.51. The van der Waals surface area contributed by atoms with Crippen LogP contribution in [-0.2, 0) is 4.79 Å². The van der Waals surface area contributed by atoms with Gasteiger partial charge >= 0.3 is 0 Å². The highest BCUT2D eigenvalue weighted by atomic mass is 16.1. The van der Waals surface area contributed by atoms with Crippen LogP contribution in [0.3, 0.4) is 0 Å². The first-order valence-corrected chi connectivity index (χ1v) is 7.93. The SMILES string of the molecule is CC(=O)/C(=C/N(c1ccccc1)c1ccccc1)c1ccccc1. The van der Waals surface area contributed by atoms with Crippen LogP contribution >= 0.6 is 0 Å². The number of benzene rings is 3. The van der Waals surface area contributed by atoms with Gasteiger partial charge in [-0.1, -0.05) is 66.7 Å². The lowest BCUT2D eigenvalue weighted by Crippen LogP contribution is -2.11. The molecule has 0 aromatic heterocycles. The lowest BCUT2D eigenvalue weighted by molar-refractivity contribution is -0.111. The van der Waals surface area contributed by atoms with Crippen molar-refractivity contribution in [3.05, 3.63) is 103 Å². The minimum Gasteiger partial charge on any atom is -0.316 e. The monoisotopic (exact) mass is 313 g/mol. The fraction of sp³-hybridized carbons (Fsp3) is 0.0455. The van der Waals surface area contributed by atoms with Gasteiger partial charge in [-0.2, -0.15) is 0 Å². The quantitative estimate of drug-likeness (QED) is 0.583. The van der Waals surface area contributed by atoms with Crippen molar-refractivity contribution < 1.29 is 4.79 Å².